The molecule has 1 heterocycles. The Hall–Kier alpha value is -0.560. The third-order valence-electron chi connectivity index (χ3n) is 2.89. The summed E-state index contributed by atoms with van der Waals surface area (Å²) in [5.41, 5.74) is 6.98. The first-order valence-corrected chi connectivity index (χ1v) is 8.94. The standard InChI is InChI=1S/C15H17Br2NO2S/c1-9(18)5-10-6-12(17)15(13(7-10)19-2)20-8-14-11(16)3-4-21-14/h3-4,6-7,9H,5,8,18H2,1-2H3. The van der Waals surface area contributed by atoms with Gasteiger partial charge in [0.1, 0.15) is 6.61 Å². The van der Waals surface area contributed by atoms with Crippen molar-refractivity contribution in [3.63, 3.8) is 0 Å². The van der Waals surface area contributed by atoms with Gasteiger partial charge in [-0.3, -0.25) is 0 Å². The van der Waals surface area contributed by atoms with Gasteiger partial charge in [-0.2, -0.15) is 0 Å². The van der Waals surface area contributed by atoms with E-state index >= 15 is 0 Å². The maximum Gasteiger partial charge on any atom is 0.175 e. The average molecular weight is 435 g/mol. The topological polar surface area (TPSA) is 44.5 Å². The predicted octanol–water partition coefficient (Wildman–Crippen LogP) is 4.75. The van der Waals surface area contributed by atoms with Gasteiger partial charge < -0.3 is 15.2 Å². The molecular weight excluding hydrogens is 418 g/mol. The lowest BCUT2D eigenvalue weighted by Crippen LogP contribution is -2.17. The molecule has 1 aromatic carbocycles. The lowest BCUT2D eigenvalue weighted by molar-refractivity contribution is 0.284. The fourth-order valence-electron chi connectivity index (χ4n) is 1.97. The Morgan fingerprint density at radius 2 is 2.05 bits per heavy atom. The minimum Gasteiger partial charge on any atom is -0.493 e. The molecule has 1 atom stereocenters. The summed E-state index contributed by atoms with van der Waals surface area (Å²) in [5.74, 6) is 1.43. The Balaban J connectivity index is 2.20. The Labute approximate surface area is 145 Å². The first kappa shape index (κ1) is 16.8. The second kappa shape index (κ2) is 7.63. The minimum atomic E-state index is 0.107. The van der Waals surface area contributed by atoms with Crippen LogP contribution in [0.15, 0.2) is 32.5 Å². The smallest absolute Gasteiger partial charge is 0.175 e. The number of hydrogen-bond acceptors (Lipinski definition) is 4. The van der Waals surface area contributed by atoms with Crippen molar-refractivity contribution in [3.05, 3.63) is 43.0 Å². The Morgan fingerprint density at radius 3 is 2.62 bits per heavy atom. The molecular formula is C15H17Br2NO2S. The van der Waals surface area contributed by atoms with Crippen LogP contribution in [0.2, 0.25) is 0 Å². The van der Waals surface area contributed by atoms with E-state index in [4.69, 9.17) is 15.2 Å². The predicted molar refractivity (Wildman–Crippen MR) is 94.4 cm³/mol. The zero-order chi connectivity index (χ0) is 15.4. The van der Waals surface area contributed by atoms with E-state index in [2.05, 4.69) is 31.9 Å². The van der Waals surface area contributed by atoms with E-state index in [0.29, 0.717) is 18.1 Å². The summed E-state index contributed by atoms with van der Waals surface area (Å²) in [7, 11) is 1.64. The number of hydrogen-bond donors (Lipinski definition) is 1. The first-order chi connectivity index (χ1) is 10.0. The third kappa shape index (κ3) is 4.45. The van der Waals surface area contributed by atoms with E-state index < -0.39 is 0 Å². The number of ether oxygens (including phenoxy) is 2. The third-order valence-corrected chi connectivity index (χ3v) is 5.37. The van der Waals surface area contributed by atoms with Gasteiger partial charge in [-0.05, 0) is 74.3 Å². The fourth-order valence-corrected chi connectivity index (χ4v) is 3.95. The van der Waals surface area contributed by atoms with Gasteiger partial charge in [0.15, 0.2) is 11.5 Å². The molecule has 0 fully saturated rings. The lowest BCUT2D eigenvalue weighted by atomic mass is 10.1. The molecule has 0 aliphatic carbocycles. The van der Waals surface area contributed by atoms with Crippen molar-refractivity contribution in [2.45, 2.75) is 26.0 Å². The second-order valence-electron chi connectivity index (χ2n) is 4.77. The highest BCUT2D eigenvalue weighted by molar-refractivity contribution is 9.10. The molecule has 0 amide bonds. The van der Waals surface area contributed by atoms with Crippen molar-refractivity contribution in [2.24, 2.45) is 5.73 Å². The Bertz CT molecular complexity index is 614. The van der Waals surface area contributed by atoms with Crippen LogP contribution >= 0.6 is 43.2 Å². The van der Waals surface area contributed by atoms with E-state index in [-0.39, 0.29) is 6.04 Å². The van der Waals surface area contributed by atoms with Crippen LogP contribution in [0.4, 0.5) is 0 Å². The largest absolute Gasteiger partial charge is 0.493 e. The zero-order valence-electron chi connectivity index (χ0n) is 11.9. The van der Waals surface area contributed by atoms with Crippen LogP contribution in [-0.4, -0.2) is 13.2 Å². The van der Waals surface area contributed by atoms with Gasteiger partial charge in [-0.1, -0.05) is 0 Å². The van der Waals surface area contributed by atoms with E-state index in [0.717, 1.165) is 25.8 Å². The van der Waals surface area contributed by atoms with E-state index in [9.17, 15) is 0 Å². The van der Waals surface area contributed by atoms with Crippen LogP contribution < -0.4 is 15.2 Å². The Morgan fingerprint density at radius 1 is 1.29 bits per heavy atom. The van der Waals surface area contributed by atoms with Crippen molar-refractivity contribution in [1.29, 1.82) is 0 Å². The highest BCUT2D eigenvalue weighted by Gasteiger charge is 2.13. The normalized spacial score (nSPS) is 12.2. The molecule has 114 valence electrons. The molecule has 3 nitrogen and oxygen atoms in total. The second-order valence-corrected chi connectivity index (χ2v) is 7.48. The molecule has 0 aliphatic rings. The van der Waals surface area contributed by atoms with Crippen molar-refractivity contribution < 1.29 is 9.47 Å². The number of thiophene rings is 1. The SMILES string of the molecule is COc1cc(CC(C)N)cc(Br)c1OCc1sccc1Br. The molecule has 6 heteroatoms. The van der Waals surface area contributed by atoms with Crippen molar-refractivity contribution in [1.82, 2.24) is 0 Å². The molecule has 0 aliphatic heterocycles. The monoisotopic (exact) mass is 433 g/mol. The van der Waals surface area contributed by atoms with E-state index in [1.165, 1.54) is 0 Å². The van der Waals surface area contributed by atoms with E-state index in [1.54, 1.807) is 18.4 Å². The molecule has 2 N–H and O–H groups in total. The molecule has 1 aromatic heterocycles. The molecule has 2 rings (SSSR count). The zero-order valence-corrected chi connectivity index (χ0v) is 15.8. The molecule has 0 spiro atoms. The Kier molecular flexibility index (Phi) is 6.10. The van der Waals surface area contributed by atoms with Gasteiger partial charge in [-0.15, -0.1) is 11.3 Å². The van der Waals surface area contributed by atoms with Crippen LogP contribution in [-0.2, 0) is 13.0 Å². The molecule has 0 saturated heterocycles. The summed E-state index contributed by atoms with van der Waals surface area (Å²) < 4.78 is 13.3. The first-order valence-electron chi connectivity index (χ1n) is 6.48. The van der Waals surface area contributed by atoms with Gasteiger partial charge in [0.25, 0.3) is 0 Å². The highest BCUT2D eigenvalue weighted by Crippen LogP contribution is 2.38. The summed E-state index contributed by atoms with van der Waals surface area (Å²) in [4.78, 5) is 1.14. The average Bonchev–Trinajstić information content (AvgIpc) is 2.82. The van der Waals surface area contributed by atoms with Crippen molar-refractivity contribution in [2.75, 3.05) is 7.11 Å². The lowest BCUT2D eigenvalue weighted by Gasteiger charge is -2.15. The van der Waals surface area contributed by atoms with Crippen LogP contribution in [0.25, 0.3) is 0 Å². The number of halogens is 2. The van der Waals surface area contributed by atoms with Crippen LogP contribution in [0.5, 0.6) is 11.5 Å². The molecule has 0 bridgehead atoms. The summed E-state index contributed by atoms with van der Waals surface area (Å²) in [6.07, 6.45) is 0.797. The summed E-state index contributed by atoms with van der Waals surface area (Å²) in [5, 5.41) is 2.03. The molecule has 2 aromatic rings. The maximum absolute atomic E-state index is 5.92. The highest BCUT2D eigenvalue weighted by atomic mass is 79.9. The van der Waals surface area contributed by atoms with Gasteiger partial charge >= 0.3 is 0 Å². The quantitative estimate of drug-likeness (QED) is 0.713. The fraction of sp³-hybridized carbons (Fsp3) is 0.333. The number of methoxy groups -OCH3 is 1. The van der Waals surface area contributed by atoms with Gasteiger partial charge in [0.05, 0.1) is 16.5 Å². The van der Waals surface area contributed by atoms with Gasteiger partial charge in [-0.25, -0.2) is 0 Å². The molecule has 0 radical (unpaired) electrons. The summed E-state index contributed by atoms with van der Waals surface area (Å²) in [6.45, 7) is 2.49. The molecule has 1 unspecified atom stereocenters. The van der Waals surface area contributed by atoms with Crippen LogP contribution in [0, 0.1) is 0 Å². The molecule has 21 heavy (non-hydrogen) atoms. The summed E-state index contributed by atoms with van der Waals surface area (Å²) in [6, 6.07) is 6.13. The van der Waals surface area contributed by atoms with Crippen molar-refractivity contribution >= 4 is 43.2 Å². The van der Waals surface area contributed by atoms with Crippen LogP contribution in [0.3, 0.4) is 0 Å². The number of rotatable bonds is 6. The van der Waals surface area contributed by atoms with Crippen LogP contribution in [0.1, 0.15) is 17.4 Å². The van der Waals surface area contributed by atoms with Gasteiger partial charge in [0, 0.05) is 10.5 Å². The number of benzene rings is 1. The minimum absolute atomic E-state index is 0.107. The summed E-state index contributed by atoms with van der Waals surface area (Å²) >= 11 is 8.72. The maximum atomic E-state index is 5.92. The van der Waals surface area contributed by atoms with Gasteiger partial charge in [0.2, 0.25) is 0 Å². The van der Waals surface area contributed by atoms with E-state index in [1.807, 2.05) is 30.5 Å². The number of nitrogens with two attached hydrogens (primary N) is 1. The van der Waals surface area contributed by atoms with Crippen molar-refractivity contribution in [3.8, 4) is 11.5 Å². The molecule has 0 saturated carbocycles.